The highest BCUT2D eigenvalue weighted by Gasteiger charge is 2.19. The fourth-order valence-electron chi connectivity index (χ4n) is 8.11. The van der Waals surface area contributed by atoms with Gasteiger partial charge in [-0.1, -0.05) is 246 Å². The van der Waals surface area contributed by atoms with Crippen LogP contribution in [0.15, 0.2) is 97.2 Å². The Labute approximate surface area is 438 Å². The van der Waals surface area contributed by atoms with Crippen LogP contribution in [0.1, 0.15) is 278 Å². The van der Waals surface area contributed by atoms with Crippen LogP contribution in [-0.2, 0) is 28.6 Å². The van der Waals surface area contributed by atoms with E-state index in [1.54, 1.807) is 0 Å². The minimum atomic E-state index is -0.814. The van der Waals surface area contributed by atoms with Gasteiger partial charge in [0.1, 0.15) is 13.2 Å². The van der Waals surface area contributed by atoms with Crippen LogP contribution in [0.5, 0.6) is 0 Å². The molecule has 0 saturated carbocycles. The summed E-state index contributed by atoms with van der Waals surface area (Å²) in [5.74, 6) is -0.998. The summed E-state index contributed by atoms with van der Waals surface area (Å²) >= 11 is 0. The molecule has 0 aliphatic rings. The molecule has 0 fully saturated rings. The van der Waals surface area contributed by atoms with Crippen LogP contribution in [0.25, 0.3) is 0 Å². The Balaban J connectivity index is 4.50. The van der Waals surface area contributed by atoms with E-state index >= 15 is 0 Å². The number of hydrogen-bond acceptors (Lipinski definition) is 6. The summed E-state index contributed by atoms with van der Waals surface area (Å²) in [6.45, 7) is 6.46. The predicted molar refractivity (Wildman–Crippen MR) is 307 cm³/mol. The van der Waals surface area contributed by atoms with Gasteiger partial charge in [0.05, 0.1) is 0 Å². The summed E-state index contributed by atoms with van der Waals surface area (Å²) in [5, 5.41) is 0. The SMILES string of the molecule is CC/C=C\C/C=C\C/C=C\C/C=C\C/C=C\C/C=C\CCC(=O)OC[C@@H](COC(=O)CCCCCCC/C=C\CCCCCCCC)OC(=O)CCCCCCCCCCC/C=C\CCCCCCCC. The van der Waals surface area contributed by atoms with Crippen molar-refractivity contribution in [1.82, 2.24) is 0 Å². The molecule has 6 nitrogen and oxygen atoms in total. The van der Waals surface area contributed by atoms with E-state index in [1.807, 2.05) is 6.08 Å². The fraction of sp³-hybridized carbons (Fsp3) is 0.708. The average Bonchev–Trinajstić information content (AvgIpc) is 3.37. The molecule has 0 rings (SSSR count). The lowest BCUT2D eigenvalue weighted by Gasteiger charge is -2.18. The zero-order valence-electron chi connectivity index (χ0n) is 46.5. The second-order valence-electron chi connectivity index (χ2n) is 19.5. The highest BCUT2D eigenvalue weighted by molar-refractivity contribution is 5.71. The van der Waals surface area contributed by atoms with Crippen LogP contribution < -0.4 is 0 Å². The maximum atomic E-state index is 12.9. The first-order valence-electron chi connectivity index (χ1n) is 29.7. The van der Waals surface area contributed by atoms with E-state index in [0.29, 0.717) is 19.3 Å². The molecule has 0 saturated heterocycles. The summed E-state index contributed by atoms with van der Waals surface area (Å²) in [6.07, 6.45) is 78.4. The molecule has 0 spiro atoms. The molecule has 0 N–H and O–H groups in total. The van der Waals surface area contributed by atoms with Crippen LogP contribution in [0, 0.1) is 0 Å². The van der Waals surface area contributed by atoms with E-state index in [-0.39, 0.29) is 37.5 Å². The molecule has 0 aliphatic carbocycles. The number of unbranched alkanes of at least 4 members (excludes halogenated alkanes) is 26. The Morgan fingerprint density at radius 3 is 0.944 bits per heavy atom. The monoisotopic (exact) mass is 987 g/mol. The van der Waals surface area contributed by atoms with Gasteiger partial charge in [0.15, 0.2) is 6.10 Å². The third kappa shape index (κ3) is 57.1. The number of carbonyl (C=O) groups excluding carboxylic acids is 3. The summed E-state index contributed by atoms with van der Waals surface area (Å²) < 4.78 is 16.8. The van der Waals surface area contributed by atoms with Gasteiger partial charge in [-0.25, -0.2) is 0 Å². The summed E-state index contributed by atoms with van der Waals surface area (Å²) in [7, 11) is 0. The number of allylic oxidation sites excluding steroid dienone is 16. The molecule has 0 heterocycles. The molecule has 0 aromatic rings. The number of carbonyl (C=O) groups is 3. The maximum Gasteiger partial charge on any atom is 0.306 e. The van der Waals surface area contributed by atoms with Gasteiger partial charge in [0.2, 0.25) is 0 Å². The van der Waals surface area contributed by atoms with Crippen molar-refractivity contribution >= 4 is 17.9 Å². The van der Waals surface area contributed by atoms with Gasteiger partial charge in [-0.2, -0.15) is 0 Å². The smallest absolute Gasteiger partial charge is 0.306 e. The van der Waals surface area contributed by atoms with Crippen molar-refractivity contribution in [2.75, 3.05) is 13.2 Å². The van der Waals surface area contributed by atoms with Gasteiger partial charge < -0.3 is 14.2 Å². The first-order valence-corrected chi connectivity index (χ1v) is 29.7. The van der Waals surface area contributed by atoms with Crippen molar-refractivity contribution in [1.29, 1.82) is 0 Å². The standard InChI is InChI=1S/C65H110O6/c1-4-7-10-13-16-19-22-25-28-30-32-34-37-40-43-46-49-52-55-58-64(67)70-61-62(60-69-63(66)57-54-51-48-45-42-39-36-27-24-21-18-15-12-9-6-3)71-65(68)59-56-53-50-47-44-41-38-35-33-31-29-26-23-20-17-14-11-8-5-2/h7,10,16,19,25-29,32,34,36,40,43,49,52,62H,4-6,8-9,11-15,17-18,20-24,30-31,33,35,37-39,41-42,44-48,50-51,53-61H2,1-3H3/b10-7-,19-16-,28-25-,29-26-,34-32-,36-27-,43-40-,52-49-/t62-/m1/s1. The Kier molecular flexibility index (Phi) is 55.9. The van der Waals surface area contributed by atoms with E-state index in [4.69, 9.17) is 14.2 Å². The highest BCUT2D eigenvalue weighted by atomic mass is 16.6. The molecule has 406 valence electrons. The van der Waals surface area contributed by atoms with Crippen molar-refractivity contribution in [3.63, 3.8) is 0 Å². The van der Waals surface area contributed by atoms with Gasteiger partial charge in [0.25, 0.3) is 0 Å². The number of rotatable bonds is 53. The Hall–Kier alpha value is -3.67. The number of esters is 3. The van der Waals surface area contributed by atoms with Gasteiger partial charge in [-0.3, -0.25) is 14.4 Å². The van der Waals surface area contributed by atoms with E-state index in [2.05, 4.69) is 112 Å². The Bertz CT molecular complexity index is 1410. The molecule has 0 aromatic carbocycles. The van der Waals surface area contributed by atoms with Crippen LogP contribution in [0.3, 0.4) is 0 Å². The van der Waals surface area contributed by atoms with Crippen molar-refractivity contribution in [3.05, 3.63) is 97.2 Å². The average molecular weight is 988 g/mol. The van der Waals surface area contributed by atoms with E-state index in [0.717, 1.165) is 89.9 Å². The number of hydrogen-bond donors (Lipinski definition) is 0. The first-order chi connectivity index (χ1) is 35.0. The van der Waals surface area contributed by atoms with Crippen molar-refractivity contribution in [2.24, 2.45) is 0 Å². The molecule has 0 bridgehead atoms. The summed E-state index contributed by atoms with van der Waals surface area (Å²) in [5.41, 5.74) is 0. The zero-order valence-corrected chi connectivity index (χ0v) is 46.5. The van der Waals surface area contributed by atoms with Crippen LogP contribution in [-0.4, -0.2) is 37.2 Å². The topological polar surface area (TPSA) is 78.9 Å². The van der Waals surface area contributed by atoms with Gasteiger partial charge in [0, 0.05) is 19.3 Å². The summed E-state index contributed by atoms with van der Waals surface area (Å²) in [6, 6.07) is 0. The van der Waals surface area contributed by atoms with Crippen molar-refractivity contribution < 1.29 is 28.6 Å². The molecule has 0 aromatic heterocycles. The molecule has 0 radical (unpaired) electrons. The molecule has 0 amide bonds. The first kappa shape index (κ1) is 67.3. The zero-order chi connectivity index (χ0) is 51.4. The molecule has 71 heavy (non-hydrogen) atoms. The normalized spacial score (nSPS) is 12.8. The highest BCUT2D eigenvalue weighted by Crippen LogP contribution is 2.15. The van der Waals surface area contributed by atoms with E-state index in [9.17, 15) is 14.4 Å². The lowest BCUT2D eigenvalue weighted by atomic mass is 10.1. The lowest BCUT2D eigenvalue weighted by molar-refractivity contribution is -0.166. The number of ether oxygens (including phenoxy) is 3. The molecule has 1 atom stereocenters. The second kappa shape index (κ2) is 58.9. The van der Waals surface area contributed by atoms with Crippen LogP contribution in [0.4, 0.5) is 0 Å². The Morgan fingerprint density at radius 1 is 0.296 bits per heavy atom. The van der Waals surface area contributed by atoms with Gasteiger partial charge in [-0.05, 0) is 109 Å². The molecular weight excluding hydrogens is 877 g/mol. The largest absolute Gasteiger partial charge is 0.462 e. The molecule has 0 unspecified atom stereocenters. The minimum Gasteiger partial charge on any atom is -0.462 e. The molecule has 0 aliphatic heterocycles. The Morgan fingerprint density at radius 2 is 0.577 bits per heavy atom. The quantitative estimate of drug-likeness (QED) is 0.0261. The minimum absolute atomic E-state index is 0.106. The summed E-state index contributed by atoms with van der Waals surface area (Å²) in [4.78, 5) is 38.2. The van der Waals surface area contributed by atoms with E-state index in [1.165, 1.54) is 141 Å². The van der Waals surface area contributed by atoms with Crippen molar-refractivity contribution in [3.8, 4) is 0 Å². The van der Waals surface area contributed by atoms with Crippen LogP contribution in [0.2, 0.25) is 0 Å². The maximum absolute atomic E-state index is 12.9. The van der Waals surface area contributed by atoms with Crippen molar-refractivity contribution in [2.45, 2.75) is 284 Å². The predicted octanol–water partition coefficient (Wildman–Crippen LogP) is 20.1. The fourth-order valence-corrected chi connectivity index (χ4v) is 8.11. The molecule has 6 heteroatoms. The second-order valence-corrected chi connectivity index (χ2v) is 19.5. The van der Waals surface area contributed by atoms with E-state index < -0.39 is 6.10 Å². The van der Waals surface area contributed by atoms with Gasteiger partial charge >= 0.3 is 17.9 Å². The molecular formula is C65H110O6. The third-order valence-electron chi connectivity index (χ3n) is 12.6. The lowest BCUT2D eigenvalue weighted by Crippen LogP contribution is -2.30. The third-order valence-corrected chi connectivity index (χ3v) is 12.6. The van der Waals surface area contributed by atoms with Crippen LogP contribution >= 0.6 is 0 Å². The van der Waals surface area contributed by atoms with Gasteiger partial charge in [-0.15, -0.1) is 0 Å².